The van der Waals surface area contributed by atoms with Crippen LogP contribution in [0.4, 0.5) is 0 Å². The molecule has 0 bridgehead atoms. The van der Waals surface area contributed by atoms with Crippen molar-refractivity contribution in [3.05, 3.63) is 17.0 Å². The minimum atomic E-state index is -3.71. The number of hydrogen-bond acceptors (Lipinski definition) is 5. The molecule has 3 unspecified atom stereocenters. The summed E-state index contributed by atoms with van der Waals surface area (Å²) in [5, 5.41) is 2.92. The maximum Gasteiger partial charge on any atom is 0.270 e. The van der Waals surface area contributed by atoms with Crippen LogP contribution in [0.25, 0.3) is 0 Å². The quantitative estimate of drug-likeness (QED) is 0.828. The number of thiophene rings is 1. The van der Waals surface area contributed by atoms with Crippen LogP contribution in [0.3, 0.4) is 0 Å². The molecule has 5 nitrogen and oxygen atoms in total. The number of ether oxygens (including phenoxy) is 1. The van der Waals surface area contributed by atoms with E-state index in [9.17, 15) is 13.2 Å². The lowest BCUT2D eigenvalue weighted by molar-refractivity contribution is -0.127. The average molecular weight is 352 g/mol. The van der Waals surface area contributed by atoms with Crippen molar-refractivity contribution in [2.75, 3.05) is 6.61 Å². The van der Waals surface area contributed by atoms with E-state index in [1.807, 2.05) is 13.8 Å². The second-order valence-electron chi connectivity index (χ2n) is 5.04. The van der Waals surface area contributed by atoms with E-state index in [1.54, 1.807) is 6.07 Å². The van der Waals surface area contributed by atoms with Crippen LogP contribution in [0, 0.1) is 5.92 Å². The van der Waals surface area contributed by atoms with Crippen molar-refractivity contribution >= 4 is 37.0 Å². The number of nitrogens with one attached hydrogen (secondary N) is 1. The van der Waals surface area contributed by atoms with Gasteiger partial charge in [0.25, 0.3) is 9.05 Å². The maximum atomic E-state index is 12.3. The molecule has 1 saturated heterocycles. The number of carbonyl (C=O) groups is 1. The van der Waals surface area contributed by atoms with Gasteiger partial charge in [-0.15, -0.1) is 11.3 Å². The first-order chi connectivity index (χ1) is 9.82. The third-order valence-corrected chi connectivity index (χ3v) is 6.94. The molecular weight excluding hydrogens is 334 g/mol. The van der Waals surface area contributed by atoms with Gasteiger partial charge in [0.1, 0.15) is 4.21 Å². The summed E-state index contributed by atoms with van der Waals surface area (Å²) in [5.74, 6) is -0.177. The van der Waals surface area contributed by atoms with Gasteiger partial charge in [-0.2, -0.15) is 0 Å². The van der Waals surface area contributed by atoms with E-state index < -0.39 is 9.05 Å². The lowest BCUT2D eigenvalue weighted by atomic mass is 9.98. The smallest absolute Gasteiger partial charge is 0.270 e. The molecule has 21 heavy (non-hydrogen) atoms. The summed E-state index contributed by atoms with van der Waals surface area (Å²) in [5.41, 5.74) is 0. The Bertz CT molecular complexity index is 613. The Labute approximate surface area is 133 Å². The Kier molecular flexibility index (Phi) is 5.29. The first-order valence-corrected chi connectivity index (χ1v) is 9.92. The number of amides is 1. The van der Waals surface area contributed by atoms with Gasteiger partial charge in [-0.1, -0.05) is 6.92 Å². The van der Waals surface area contributed by atoms with Crippen LogP contribution in [0.5, 0.6) is 0 Å². The van der Waals surface area contributed by atoms with Gasteiger partial charge in [-0.25, -0.2) is 8.42 Å². The third kappa shape index (κ3) is 3.97. The van der Waals surface area contributed by atoms with E-state index in [0.29, 0.717) is 6.61 Å². The summed E-state index contributed by atoms with van der Waals surface area (Å²) in [4.78, 5) is 13.0. The highest BCUT2D eigenvalue weighted by atomic mass is 35.7. The molecule has 0 aliphatic carbocycles. The van der Waals surface area contributed by atoms with Crippen molar-refractivity contribution in [2.24, 2.45) is 5.92 Å². The van der Waals surface area contributed by atoms with E-state index in [1.165, 1.54) is 6.07 Å². The standard InChI is InChI=1S/C13H18ClNO4S2/c1-3-10-9(6-7-19-10)13(16)15-8(2)11-4-5-12(20-11)21(14,17)18/h4-5,8-10H,3,6-7H2,1-2H3,(H,15,16). The van der Waals surface area contributed by atoms with Gasteiger partial charge in [0.15, 0.2) is 0 Å². The molecule has 0 aromatic carbocycles. The largest absolute Gasteiger partial charge is 0.377 e. The van der Waals surface area contributed by atoms with Crippen molar-refractivity contribution in [1.29, 1.82) is 0 Å². The number of rotatable bonds is 5. The minimum Gasteiger partial charge on any atom is -0.377 e. The highest BCUT2D eigenvalue weighted by Gasteiger charge is 2.33. The van der Waals surface area contributed by atoms with Gasteiger partial charge in [0, 0.05) is 22.2 Å². The van der Waals surface area contributed by atoms with E-state index in [2.05, 4.69) is 5.32 Å². The molecule has 1 N–H and O–H groups in total. The van der Waals surface area contributed by atoms with Crippen molar-refractivity contribution in [2.45, 2.75) is 43.0 Å². The fourth-order valence-corrected chi connectivity index (χ4v) is 4.54. The summed E-state index contributed by atoms with van der Waals surface area (Å²) < 4.78 is 28.1. The monoisotopic (exact) mass is 351 g/mol. The van der Waals surface area contributed by atoms with Crippen molar-refractivity contribution in [3.63, 3.8) is 0 Å². The molecular formula is C13H18ClNO4S2. The average Bonchev–Trinajstić information content (AvgIpc) is 3.06. The van der Waals surface area contributed by atoms with Crippen molar-refractivity contribution < 1.29 is 17.9 Å². The summed E-state index contributed by atoms with van der Waals surface area (Å²) in [6, 6.07) is 2.87. The molecule has 1 fully saturated rings. The molecule has 1 aliphatic heterocycles. The van der Waals surface area contributed by atoms with Crippen LogP contribution >= 0.6 is 22.0 Å². The van der Waals surface area contributed by atoms with Crippen LogP contribution in [-0.4, -0.2) is 27.0 Å². The molecule has 2 heterocycles. The fraction of sp³-hybridized carbons (Fsp3) is 0.615. The lowest BCUT2D eigenvalue weighted by Gasteiger charge is -2.19. The molecule has 0 radical (unpaired) electrons. The topological polar surface area (TPSA) is 72.5 Å². The molecule has 3 atom stereocenters. The molecule has 0 spiro atoms. The highest BCUT2D eigenvalue weighted by molar-refractivity contribution is 8.15. The Morgan fingerprint density at radius 3 is 2.86 bits per heavy atom. The van der Waals surface area contributed by atoms with E-state index in [0.717, 1.165) is 29.1 Å². The predicted octanol–water partition coefficient (Wildman–Crippen LogP) is 2.67. The fourth-order valence-electron chi connectivity index (χ4n) is 2.44. The van der Waals surface area contributed by atoms with Gasteiger partial charge in [-0.05, 0) is 31.9 Å². The number of hydrogen-bond donors (Lipinski definition) is 1. The maximum absolute atomic E-state index is 12.3. The normalized spacial score (nSPS) is 24.0. The molecule has 8 heteroatoms. The van der Waals surface area contributed by atoms with E-state index in [4.69, 9.17) is 15.4 Å². The van der Waals surface area contributed by atoms with Crippen molar-refractivity contribution in [3.8, 4) is 0 Å². The Morgan fingerprint density at radius 2 is 2.29 bits per heavy atom. The van der Waals surface area contributed by atoms with Crippen molar-refractivity contribution in [1.82, 2.24) is 5.32 Å². The number of carbonyl (C=O) groups excluding carboxylic acids is 1. The van der Waals surface area contributed by atoms with Gasteiger partial charge < -0.3 is 10.1 Å². The lowest BCUT2D eigenvalue weighted by Crippen LogP contribution is -2.36. The molecule has 118 valence electrons. The summed E-state index contributed by atoms with van der Waals surface area (Å²) >= 11 is 1.07. The second-order valence-corrected chi connectivity index (χ2v) is 8.95. The zero-order valence-electron chi connectivity index (χ0n) is 11.8. The third-order valence-electron chi connectivity index (χ3n) is 3.58. The molecule has 1 aliphatic rings. The van der Waals surface area contributed by atoms with Gasteiger partial charge >= 0.3 is 0 Å². The first-order valence-electron chi connectivity index (χ1n) is 6.79. The predicted molar refractivity (Wildman–Crippen MR) is 82.1 cm³/mol. The van der Waals surface area contributed by atoms with Gasteiger partial charge in [0.05, 0.1) is 18.1 Å². The SMILES string of the molecule is CCC1OCCC1C(=O)NC(C)c1ccc(S(=O)(=O)Cl)s1. The van der Waals surface area contributed by atoms with E-state index in [-0.39, 0.29) is 28.2 Å². The van der Waals surface area contributed by atoms with Gasteiger partial charge in [0.2, 0.25) is 5.91 Å². The first kappa shape index (κ1) is 16.7. The summed E-state index contributed by atoms with van der Waals surface area (Å²) in [6.45, 7) is 4.43. The molecule has 1 amide bonds. The van der Waals surface area contributed by atoms with Crippen LogP contribution in [0.2, 0.25) is 0 Å². The van der Waals surface area contributed by atoms with Crippen LogP contribution in [0.1, 0.15) is 37.6 Å². The molecule has 1 aromatic rings. The molecule has 1 aromatic heterocycles. The second kappa shape index (κ2) is 6.64. The minimum absolute atomic E-state index is 0.0284. The summed E-state index contributed by atoms with van der Waals surface area (Å²) in [7, 11) is 1.59. The highest BCUT2D eigenvalue weighted by Crippen LogP contribution is 2.30. The summed E-state index contributed by atoms with van der Waals surface area (Å²) in [6.07, 6.45) is 1.50. The molecule has 0 saturated carbocycles. The van der Waals surface area contributed by atoms with Crippen LogP contribution in [0.15, 0.2) is 16.3 Å². The van der Waals surface area contributed by atoms with Crippen LogP contribution in [-0.2, 0) is 18.6 Å². The zero-order valence-corrected chi connectivity index (χ0v) is 14.2. The Morgan fingerprint density at radius 1 is 1.57 bits per heavy atom. The van der Waals surface area contributed by atoms with E-state index >= 15 is 0 Å². The zero-order chi connectivity index (χ0) is 15.6. The number of halogens is 1. The van der Waals surface area contributed by atoms with Crippen LogP contribution < -0.4 is 5.32 Å². The Hall–Kier alpha value is -0.630. The Balaban J connectivity index is 2.02. The molecule has 2 rings (SSSR count). The van der Waals surface area contributed by atoms with Gasteiger partial charge in [-0.3, -0.25) is 4.79 Å².